The number of hydrogen-bond donors (Lipinski definition) is 2. The summed E-state index contributed by atoms with van der Waals surface area (Å²) in [6, 6.07) is 9.30. The van der Waals surface area contributed by atoms with Gasteiger partial charge in [-0.15, -0.1) is 0 Å². The monoisotopic (exact) mass is 341 g/mol. The smallest absolute Gasteiger partial charge is 0.191 e. The van der Waals surface area contributed by atoms with Crippen molar-refractivity contribution in [3.8, 4) is 0 Å². The van der Waals surface area contributed by atoms with Crippen LogP contribution in [0.4, 0.5) is 0 Å². The Morgan fingerprint density at radius 2 is 2.12 bits per heavy atom. The van der Waals surface area contributed by atoms with E-state index in [-0.39, 0.29) is 5.41 Å². The van der Waals surface area contributed by atoms with Crippen molar-refractivity contribution in [1.29, 1.82) is 0 Å². The highest BCUT2D eigenvalue weighted by atomic mass is 16.5. The highest BCUT2D eigenvalue weighted by Gasteiger charge is 2.58. The predicted molar refractivity (Wildman–Crippen MR) is 102 cm³/mol. The molecular formula is C21H31N3O. The van der Waals surface area contributed by atoms with Gasteiger partial charge >= 0.3 is 0 Å². The van der Waals surface area contributed by atoms with Crippen LogP contribution in [0.2, 0.25) is 0 Å². The maximum Gasteiger partial charge on any atom is 0.191 e. The lowest BCUT2D eigenvalue weighted by atomic mass is 9.55. The number of guanidine groups is 1. The van der Waals surface area contributed by atoms with Crippen LogP contribution in [0.25, 0.3) is 0 Å². The summed E-state index contributed by atoms with van der Waals surface area (Å²) in [5, 5.41) is 7.28. The van der Waals surface area contributed by atoms with Crippen LogP contribution in [-0.4, -0.2) is 38.3 Å². The van der Waals surface area contributed by atoms with Crippen molar-refractivity contribution in [2.45, 2.75) is 57.6 Å². The number of fused-ring (bicyclic) bond motifs is 2. The molecule has 1 heterocycles. The van der Waals surface area contributed by atoms with E-state index in [1.807, 2.05) is 7.05 Å². The van der Waals surface area contributed by atoms with E-state index in [9.17, 15) is 0 Å². The van der Waals surface area contributed by atoms with Crippen LogP contribution in [0.15, 0.2) is 29.3 Å². The lowest BCUT2D eigenvalue weighted by Crippen LogP contribution is -2.71. The highest BCUT2D eigenvalue weighted by Crippen LogP contribution is 2.51. The van der Waals surface area contributed by atoms with E-state index in [0.29, 0.717) is 24.0 Å². The van der Waals surface area contributed by atoms with Crippen LogP contribution in [0, 0.1) is 11.3 Å². The number of aryl methyl sites for hydroxylation is 1. The van der Waals surface area contributed by atoms with Gasteiger partial charge < -0.3 is 15.4 Å². The third kappa shape index (κ3) is 2.95. The standard InChI is InChI=1S/C21H31N3O/c1-21(2)18(17-9-6-12-25-19(17)21)24-20(22-3)23-13-15-11-10-14-7-4-5-8-16(14)15/h4-5,7-8,15,17-19H,6,9-13H2,1-3H3,(H2,22,23,24). The Bertz CT molecular complexity index is 654. The molecule has 2 N–H and O–H groups in total. The van der Waals surface area contributed by atoms with Crippen molar-refractivity contribution in [2.75, 3.05) is 20.2 Å². The Balaban J connectivity index is 1.36. The average Bonchev–Trinajstić information content (AvgIpc) is 3.05. The number of ether oxygens (including phenoxy) is 1. The highest BCUT2D eigenvalue weighted by molar-refractivity contribution is 5.80. The van der Waals surface area contributed by atoms with Crippen LogP contribution in [0.3, 0.4) is 0 Å². The molecule has 2 aliphatic carbocycles. The maximum absolute atomic E-state index is 6.02. The number of nitrogens with zero attached hydrogens (tertiary/aromatic N) is 1. The number of benzene rings is 1. The van der Waals surface area contributed by atoms with Crippen molar-refractivity contribution in [2.24, 2.45) is 16.3 Å². The molecule has 4 rings (SSSR count). The van der Waals surface area contributed by atoms with E-state index in [0.717, 1.165) is 19.1 Å². The van der Waals surface area contributed by atoms with E-state index in [2.05, 4.69) is 53.7 Å². The fraction of sp³-hybridized carbons (Fsp3) is 0.667. The number of rotatable bonds is 3. The van der Waals surface area contributed by atoms with Gasteiger partial charge in [0, 0.05) is 43.5 Å². The van der Waals surface area contributed by atoms with Crippen molar-refractivity contribution in [3.63, 3.8) is 0 Å². The summed E-state index contributed by atoms with van der Waals surface area (Å²) in [6.45, 7) is 6.51. The van der Waals surface area contributed by atoms with Gasteiger partial charge in [0.2, 0.25) is 0 Å². The molecule has 0 amide bonds. The number of nitrogens with one attached hydrogen (secondary N) is 2. The molecule has 1 saturated heterocycles. The first kappa shape index (κ1) is 16.9. The zero-order chi connectivity index (χ0) is 17.4. The van der Waals surface area contributed by atoms with E-state index in [4.69, 9.17) is 4.74 Å². The average molecular weight is 341 g/mol. The van der Waals surface area contributed by atoms with Gasteiger partial charge in [-0.2, -0.15) is 0 Å². The van der Waals surface area contributed by atoms with Gasteiger partial charge in [0.15, 0.2) is 5.96 Å². The lowest BCUT2D eigenvalue weighted by Gasteiger charge is -2.60. The first-order valence-corrected chi connectivity index (χ1v) is 9.78. The predicted octanol–water partition coefficient (Wildman–Crippen LogP) is 3.09. The third-order valence-electron chi connectivity index (χ3n) is 6.62. The van der Waals surface area contributed by atoms with Crippen molar-refractivity contribution in [1.82, 2.24) is 10.6 Å². The molecule has 2 fully saturated rings. The Labute approximate surface area is 151 Å². The fourth-order valence-corrected chi connectivity index (χ4v) is 5.23. The van der Waals surface area contributed by atoms with Crippen molar-refractivity contribution < 1.29 is 4.74 Å². The minimum atomic E-state index is 0.169. The van der Waals surface area contributed by atoms with Crippen LogP contribution >= 0.6 is 0 Å². The summed E-state index contributed by atoms with van der Waals surface area (Å²) in [6.07, 6.45) is 5.28. The first-order valence-electron chi connectivity index (χ1n) is 9.78. The van der Waals surface area contributed by atoms with Gasteiger partial charge in [-0.1, -0.05) is 38.1 Å². The molecule has 4 nitrogen and oxygen atoms in total. The lowest BCUT2D eigenvalue weighted by molar-refractivity contribution is -0.188. The van der Waals surface area contributed by atoms with Gasteiger partial charge in [0.1, 0.15) is 0 Å². The molecule has 1 aromatic carbocycles. The molecular weight excluding hydrogens is 310 g/mol. The molecule has 4 atom stereocenters. The molecule has 1 saturated carbocycles. The van der Waals surface area contributed by atoms with Crippen LogP contribution in [0.1, 0.15) is 50.2 Å². The Morgan fingerprint density at radius 3 is 2.96 bits per heavy atom. The Morgan fingerprint density at radius 1 is 1.28 bits per heavy atom. The van der Waals surface area contributed by atoms with Crippen molar-refractivity contribution >= 4 is 5.96 Å². The first-order chi connectivity index (χ1) is 12.1. The Hall–Kier alpha value is -1.55. The summed E-state index contributed by atoms with van der Waals surface area (Å²) in [7, 11) is 1.87. The summed E-state index contributed by atoms with van der Waals surface area (Å²) in [4.78, 5) is 4.48. The molecule has 0 aromatic heterocycles. The van der Waals surface area contributed by atoms with E-state index < -0.39 is 0 Å². The van der Waals surface area contributed by atoms with Gasteiger partial charge in [-0.25, -0.2) is 0 Å². The van der Waals surface area contributed by atoms with Gasteiger partial charge in [0.05, 0.1) is 6.10 Å². The van der Waals surface area contributed by atoms with Gasteiger partial charge in [0.25, 0.3) is 0 Å². The molecule has 0 bridgehead atoms. The molecule has 1 aromatic rings. The maximum atomic E-state index is 6.02. The minimum Gasteiger partial charge on any atom is -0.377 e. The quantitative estimate of drug-likeness (QED) is 0.656. The Kier molecular flexibility index (Phi) is 4.48. The van der Waals surface area contributed by atoms with Crippen LogP contribution in [-0.2, 0) is 11.2 Å². The molecule has 0 radical (unpaired) electrons. The zero-order valence-electron chi connectivity index (χ0n) is 15.7. The van der Waals surface area contributed by atoms with E-state index >= 15 is 0 Å². The minimum absolute atomic E-state index is 0.169. The van der Waals surface area contributed by atoms with Crippen LogP contribution in [0.5, 0.6) is 0 Å². The number of aliphatic imine (C=N–C) groups is 1. The summed E-state index contributed by atoms with van der Waals surface area (Å²) in [5.74, 6) is 2.15. The second kappa shape index (κ2) is 6.64. The molecule has 0 spiro atoms. The van der Waals surface area contributed by atoms with Gasteiger partial charge in [-0.3, -0.25) is 4.99 Å². The summed E-state index contributed by atoms with van der Waals surface area (Å²) < 4.78 is 6.02. The largest absolute Gasteiger partial charge is 0.377 e. The summed E-state index contributed by atoms with van der Waals surface area (Å²) >= 11 is 0. The zero-order valence-corrected chi connectivity index (χ0v) is 15.7. The van der Waals surface area contributed by atoms with E-state index in [1.165, 1.54) is 36.8 Å². The SMILES string of the molecule is CN=C(NCC1CCc2ccccc21)NC1C2CCCOC2C1(C)C. The molecule has 136 valence electrons. The molecule has 4 unspecified atom stereocenters. The normalized spacial score (nSPS) is 33.2. The van der Waals surface area contributed by atoms with Gasteiger partial charge in [-0.05, 0) is 36.8 Å². The van der Waals surface area contributed by atoms with Crippen LogP contribution < -0.4 is 10.6 Å². The van der Waals surface area contributed by atoms with Crippen molar-refractivity contribution in [3.05, 3.63) is 35.4 Å². The molecule has 25 heavy (non-hydrogen) atoms. The second-order valence-corrected chi connectivity index (χ2v) is 8.43. The van der Waals surface area contributed by atoms with E-state index in [1.54, 1.807) is 0 Å². The topological polar surface area (TPSA) is 45.7 Å². The second-order valence-electron chi connectivity index (χ2n) is 8.43. The molecule has 4 heteroatoms. The molecule has 3 aliphatic rings. The molecule has 1 aliphatic heterocycles. The number of hydrogen-bond acceptors (Lipinski definition) is 2. The summed E-state index contributed by atoms with van der Waals surface area (Å²) in [5.41, 5.74) is 3.19. The third-order valence-corrected chi connectivity index (χ3v) is 6.62. The fourth-order valence-electron chi connectivity index (χ4n) is 5.23.